The Morgan fingerprint density at radius 2 is 1.76 bits per heavy atom. The molecule has 1 amide bonds. The van der Waals surface area contributed by atoms with Crippen LogP contribution >= 0.6 is 35.0 Å². The highest BCUT2D eigenvalue weighted by Crippen LogP contribution is 2.34. The van der Waals surface area contributed by atoms with E-state index in [1.807, 2.05) is 29.2 Å². The maximum absolute atomic E-state index is 12.6. The van der Waals surface area contributed by atoms with Crippen molar-refractivity contribution in [3.05, 3.63) is 58.1 Å². The van der Waals surface area contributed by atoms with Gasteiger partial charge in [-0.05, 0) is 29.8 Å². The highest BCUT2D eigenvalue weighted by molar-refractivity contribution is 8.00. The number of halogens is 2. The molecule has 0 unspecified atom stereocenters. The lowest BCUT2D eigenvalue weighted by Gasteiger charge is -2.37. The van der Waals surface area contributed by atoms with Gasteiger partial charge < -0.3 is 9.64 Å². The molecule has 3 rings (SSSR count). The van der Waals surface area contributed by atoms with Crippen LogP contribution in [0, 0.1) is 11.3 Å². The SMILES string of the molecule is COc1ccc([C@@H](C#N)N2CCN(C(=O)CSc3c(Cl)cccc3Cl)CC2)cc1. The standard InChI is InChI=1S/C21H21Cl2N3O2S/c1-28-16-7-5-15(6-8-16)19(13-24)25-9-11-26(12-10-25)20(27)14-29-21-17(22)3-2-4-18(21)23/h2-8,19H,9-12,14H2,1H3/t19-/m1/s1. The third kappa shape index (κ3) is 5.37. The Morgan fingerprint density at radius 3 is 2.31 bits per heavy atom. The molecule has 2 aromatic carbocycles. The summed E-state index contributed by atoms with van der Waals surface area (Å²) in [5.74, 6) is 1.09. The molecule has 1 saturated heterocycles. The second-order valence-electron chi connectivity index (χ2n) is 6.56. The maximum atomic E-state index is 12.6. The fourth-order valence-electron chi connectivity index (χ4n) is 3.23. The Morgan fingerprint density at radius 1 is 1.14 bits per heavy atom. The number of rotatable bonds is 6. The highest BCUT2D eigenvalue weighted by Gasteiger charge is 2.27. The molecular weight excluding hydrogens is 429 g/mol. The monoisotopic (exact) mass is 449 g/mol. The van der Waals surface area contributed by atoms with Gasteiger partial charge in [0.05, 0.1) is 29.0 Å². The van der Waals surface area contributed by atoms with Gasteiger partial charge in [0.25, 0.3) is 0 Å². The normalized spacial score (nSPS) is 15.6. The summed E-state index contributed by atoms with van der Waals surface area (Å²) in [6.45, 7) is 2.47. The summed E-state index contributed by atoms with van der Waals surface area (Å²) in [6.07, 6.45) is 0. The van der Waals surface area contributed by atoms with Crippen molar-refractivity contribution in [2.45, 2.75) is 10.9 Å². The molecule has 1 aliphatic heterocycles. The molecule has 0 aliphatic carbocycles. The van der Waals surface area contributed by atoms with Gasteiger partial charge in [-0.2, -0.15) is 5.26 Å². The van der Waals surface area contributed by atoms with E-state index in [9.17, 15) is 10.1 Å². The summed E-state index contributed by atoms with van der Waals surface area (Å²) in [7, 11) is 1.62. The van der Waals surface area contributed by atoms with Gasteiger partial charge in [0.15, 0.2) is 0 Å². The van der Waals surface area contributed by atoms with E-state index in [0.29, 0.717) is 36.2 Å². The molecule has 0 radical (unpaired) electrons. The van der Waals surface area contributed by atoms with Crippen LogP contribution in [0.15, 0.2) is 47.4 Å². The van der Waals surface area contributed by atoms with E-state index in [1.54, 1.807) is 25.3 Å². The largest absolute Gasteiger partial charge is 0.497 e. The Kier molecular flexibility index (Phi) is 7.68. The molecule has 1 aliphatic rings. The fraction of sp³-hybridized carbons (Fsp3) is 0.333. The van der Waals surface area contributed by atoms with Crippen LogP contribution in [0.5, 0.6) is 5.75 Å². The molecule has 1 heterocycles. The fourth-order valence-corrected chi connectivity index (χ4v) is 4.82. The van der Waals surface area contributed by atoms with Gasteiger partial charge >= 0.3 is 0 Å². The van der Waals surface area contributed by atoms with E-state index in [2.05, 4.69) is 11.0 Å². The number of hydrogen-bond acceptors (Lipinski definition) is 5. The summed E-state index contributed by atoms with van der Waals surface area (Å²) in [6, 6.07) is 14.9. The van der Waals surface area contributed by atoms with Gasteiger partial charge in [-0.1, -0.05) is 41.4 Å². The minimum Gasteiger partial charge on any atom is -0.497 e. The third-order valence-electron chi connectivity index (χ3n) is 4.84. The Hall–Kier alpha value is -1.91. The summed E-state index contributed by atoms with van der Waals surface area (Å²) >= 11 is 13.7. The van der Waals surface area contributed by atoms with Gasteiger partial charge in [-0.3, -0.25) is 9.69 Å². The zero-order chi connectivity index (χ0) is 20.8. The second-order valence-corrected chi connectivity index (χ2v) is 8.36. The zero-order valence-electron chi connectivity index (χ0n) is 16.0. The van der Waals surface area contributed by atoms with Crippen LogP contribution in [0.25, 0.3) is 0 Å². The number of nitrogens with zero attached hydrogens (tertiary/aromatic N) is 3. The van der Waals surface area contributed by atoms with Crippen molar-refractivity contribution in [1.29, 1.82) is 5.26 Å². The van der Waals surface area contributed by atoms with Crippen molar-refractivity contribution in [1.82, 2.24) is 9.80 Å². The number of carbonyl (C=O) groups is 1. The molecule has 0 saturated carbocycles. The van der Waals surface area contributed by atoms with Crippen molar-refractivity contribution in [3.8, 4) is 11.8 Å². The van der Waals surface area contributed by atoms with Crippen molar-refractivity contribution in [2.75, 3.05) is 39.0 Å². The van der Waals surface area contributed by atoms with E-state index in [4.69, 9.17) is 27.9 Å². The van der Waals surface area contributed by atoms with Crippen molar-refractivity contribution in [2.24, 2.45) is 0 Å². The summed E-state index contributed by atoms with van der Waals surface area (Å²) in [5, 5.41) is 10.8. The first-order valence-corrected chi connectivity index (χ1v) is 10.9. The summed E-state index contributed by atoms with van der Waals surface area (Å²) in [4.78, 5) is 17.3. The van der Waals surface area contributed by atoms with E-state index in [0.717, 1.165) is 16.2 Å². The minimum atomic E-state index is -0.338. The van der Waals surface area contributed by atoms with Crippen molar-refractivity contribution < 1.29 is 9.53 Å². The average molecular weight is 450 g/mol. The number of amides is 1. The molecule has 0 bridgehead atoms. The Balaban J connectivity index is 1.55. The third-order valence-corrected chi connectivity index (χ3v) is 6.82. The van der Waals surface area contributed by atoms with Crippen LogP contribution in [-0.2, 0) is 4.79 Å². The minimum absolute atomic E-state index is 0.0450. The lowest BCUT2D eigenvalue weighted by Crippen LogP contribution is -2.50. The predicted octanol–water partition coefficient (Wildman–Crippen LogP) is 4.50. The first-order valence-electron chi connectivity index (χ1n) is 9.15. The van der Waals surface area contributed by atoms with E-state index < -0.39 is 0 Å². The van der Waals surface area contributed by atoms with Crippen molar-refractivity contribution in [3.63, 3.8) is 0 Å². The number of ether oxygens (including phenoxy) is 1. The number of nitriles is 1. The van der Waals surface area contributed by atoms with Gasteiger partial charge in [-0.15, -0.1) is 11.8 Å². The number of carbonyl (C=O) groups excluding carboxylic acids is 1. The lowest BCUT2D eigenvalue weighted by molar-refractivity contribution is -0.130. The molecule has 8 heteroatoms. The molecular formula is C21H21Cl2N3O2S. The Labute approximate surface area is 185 Å². The molecule has 0 N–H and O–H groups in total. The van der Waals surface area contributed by atoms with Crippen LogP contribution in [0.3, 0.4) is 0 Å². The van der Waals surface area contributed by atoms with Gasteiger partial charge in [0.2, 0.25) is 5.91 Å². The maximum Gasteiger partial charge on any atom is 0.233 e. The molecule has 0 aromatic heterocycles. The van der Waals surface area contributed by atoms with Gasteiger partial charge in [-0.25, -0.2) is 0 Å². The molecule has 0 spiro atoms. The number of benzene rings is 2. The second kappa shape index (κ2) is 10.2. The summed E-state index contributed by atoms with van der Waals surface area (Å²) < 4.78 is 5.18. The van der Waals surface area contributed by atoms with E-state index in [-0.39, 0.29) is 17.7 Å². The molecule has 29 heavy (non-hydrogen) atoms. The molecule has 1 fully saturated rings. The van der Waals surface area contributed by atoms with Crippen LogP contribution in [-0.4, -0.2) is 54.7 Å². The molecule has 5 nitrogen and oxygen atoms in total. The molecule has 1 atom stereocenters. The Bertz CT molecular complexity index is 874. The quantitative estimate of drug-likeness (QED) is 0.607. The van der Waals surface area contributed by atoms with Gasteiger partial charge in [0, 0.05) is 31.1 Å². The topological polar surface area (TPSA) is 56.6 Å². The number of thioether (sulfide) groups is 1. The number of methoxy groups -OCH3 is 1. The highest BCUT2D eigenvalue weighted by atomic mass is 35.5. The van der Waals surface area contributed by atoms with E-state index >= 15 is 0 Å². The van der Waals surface area contributed by atoms with Crippen LogP contribution in [0.4, 0.5) is 0 Å². The average Bonchev–Trinajstić information content (AvgIpc) is 2.75. The van der Waals surface area contributed by atoms with Crippen LogP contribution < -0.4 is 4.74 Å². The van der Waals surface area contributed by atoms with Gasteiger partial charge in [0.1, 0.15) is 11.8 Å². The predicted molar refractivity (Wildman–Crippen MR) is 117 cm³/mol. The smallest absolute Gasteiger partial charge is 0.233 e. The number of hydrogen-bond donors (Lipinski definition) is 0. The first kappa shape index (κ1) is 21.8. The number of piperazine rings is 1. The lowest BCUT2D eigenvalue weighted by atomic mass is 10.1. The van der Waals surface area contributed by atoms with Crippen LogP contribution in [0.2, 0.25) is 10.0 Å². The van der Waals surface area contributed by atoms with Crippen LogP contribution in [0.1, 0.15) is 11.6 Å². The molecule has 2 aromatic rings. The first-order chi connectivity index (χ1) is 14.0. The summed E-state index contributed by atoms with van der Waals surface area (Å²) in [5.41, 5.74) is 0.928. The van der Waals surface area contributed by atoms with Crippen molar-refractivity contribution >= 4 is 40.9 Å². The van der Waals surface area contributed by atoms with E-state index in [1.165, 1.54) is 11.8 Å². The molecule has 152 valence electrons. The zero-order valence-corrected chi connectivity index (χ0v) is 18.3.